The topological polar surface area (TPSA) is 62.7 Å². The van der Waals surface area contributed by atoms with Gasteiger partial charge < -0.3 is 14.5 Å². The third-order valence-corrected chi connectivity index (χ3v) is 4.71. The number of aromatic nitrogens is 1. The van der Waals surface area contributed by atoms with Gasteiger partial charge in [0, 0.05) is 19.8 Å². The molecule has 7 heteroatoms. The van der Waals surface area contributed by atoms with E-state index in [1.807, 2.05) is 0 Å². The number of pyridine rings is 1. The van der Waals surface area contributed by atoms with Crippen LogP contribution in [-0.2, 0) is 0 Å². The minimum absolute atomic E-state index is 0.0199. The highest BCUT2D eigenvalue weighted by Crippen LogP contribution is 2.29. The molecule has 2 unspecified atom stereocenters. The summed E-state index contributed by atoms with van der Waals surface area (Å²) in [6, 6.07) is 8.92. The van der Waals surface area contributed by atoms with Crippen molar-refractivity contribution in [1.29, 1.82) is 0 Å². The van der Waals surface area contributed by atoms with Gasteiger partial charge in [0.2, 0.25) is 5.88 Å². The molecule has 4 rings (SSSR count). The van der Waals surface area contributed by atoms with Crippen LogP contribution >= 0.6 is 0 Å². The fourth-order valence-corrected chi connectivity index (χ4v) is 3.35. The zero-order chi connectivity index (χ0) is 17.6. The molecule has 2 aliphatic heterocycles. The number of hydrogen-bond acceptors (Lipinski definition) is 4. The lowest BCUT2D eigenvalue weighted by atomic mass is 10.2. The minimum Gasteiger partial charge on any atom is -0.470 e. The molecule has 2 amide bonds. The fourth-order valence-electron chi connectivity index (χ4n) is 3.35. The van der Waals surface area contributed by atoms with Crippen molar-refractivity contribution >= 4 is 11.8 Å². The lowest BCUT2D eigenvalue weighted by molar-refractivity contribution is 0.0673. The van der Waals surface area contributed by atoms with Crippen LogP contribution in [0.1, 0.15) is 20.7 Å². The van der Waals surface area contributed by atoms with Crippen molar-refractivity contribution in [3.05, 3.63) is 59.5 Å². The van der Waals surface area contributed by atoms with E-state index >= 15 is 0 Å². The Labute approximate surface area is 143 Å². The summed E-state index contributed by atoms with van der Waals surface area (Å²) in [6.07, 6.45) is 1.16. The van der Waals surface area contributed by atoms with Crippen molar-refractivity contribution in [2.75, 3.05) is 20.1 Å². The third-order valence-electron chi connectivity index (χ3n) is 4.71. The highest BCUT2D eigenvalue weighted by Gasteiger charge is 2.44. The van der Waals surface area contributed by atoms with Crippen molar-refractivity contribution in [1.82, 2.24) is 14.8 Å². The molecule has 6 nitrogen and oxygen atoms in total. The average molecular weight is 341 g/mol. The summed E-state index contributed by atoms with van der Waals surface area (Å²) in [6.45, 7) is 0.555. The Balaban J connectivity index is 1.63. The molecule has 0 spiro atoms. The molecule has 2 aromatic rings. The van der Waals surface area contributed by atoms with Crippen LogP contribution in [0.25, 0.3) is 0 Å². The molecule has 25 heavy (non-hydrogen) atoms. The fraction of sp³-hybridized carbons (Fsp3) is 0.278. The molecular formula is C18H16FN3O3. The van der Waals surface area contributed by atoms with Crippen LogP contribution in [-0.4, -0.2) is 58.9 Å². The number of nitrogens with zero attached hydrogens (tertiary/aromatic N) is 3. The summed E-state index contributed by atoms with van der Waals surface area (Å²) in [5, 5.41) is 0. The first kappa shape index (κ1) is 15.6. The summed E-state index contributed by atoms with van der Waals surface area (Å²) in [5.41, 5.74) is 0.429. The Bertz CT molecular complexity index is 857. The zero-order valence-electron chi connectivity index (χ0n) is 13.6. The molecule has 0 bridgehead atoms. The van der Waals surface area contributed by atoms with Crippen LogP contribution in [0, 0.1) is 5.82 Å². The number of amides is 2. The number of carbonyl (C=O) groups is 2. The van der Waals surface area contributed by atoms with E-state index < -0.39 is 17.8 Å². The number of ether oxygens (including phenoxy) is 1. The van der Waals surface area contributed by atoms with Crippen LogP contribution in [0.3, 0.4) is 0 Å². The predicted octanol–water partition coefficient (Wildman–Crippen LogP) is 1.58. The van der Waals surface area contributed by atoms with Gasteiger partial charge in [-0.3, -0.25) is 9.59 Å². The Hall–Kier alpha value is -2.96. The number of carbonyl (C=O) groups excluding carboxylic acids is 2. The summed E-state index contributed by atoms with van der Waals surface area (Å²) < 4.78 is 19.8. The van der Waals surface area contributed by atoms with E-state index in [4.69, 9.17) is 4.74 Å². The zero-order valence-corrected chi connectivity index (χ0v) is 13.6. The van der Waals surface area contributed by atoms with Gasteiger partial charge >= 0.3 is 0 Å². The maximum absolute atomic E-state index is 13.9. The predicted molar refractivity (Wildman–Crippen MR) is 86.8 cm³/mol. The van der Waals surface area contributed by atoms with Gasteiger partial charge in [-0.1, -0.05) is 12.1 Å². The van der Waals surface area contributed by atoms with Crippen molar-refractivity contribution < 1.29 is 18.7 Å². The van der Waals surface area contributed by atoms with E-state index in [1.54, 1.807) is 36.3 Å². The lowest BCUT2D eigenvalue weighted by Crippen LogP contribution is -2.44. The van der Waals surface area contributed by atoms with Gasteiger partial charge in [0.1, 0.15) is 17.5 Å². The van der Waals surface area contributed by atoms with E-state index in [-0.39, 0.29) is 36.5 Å². The third kappa shape index (κ3) is 2.52. The average Bonchev–Trinajstić information content (AvgIpc) is 3.01. The highest BCUT2D eigenvalue weighted by molar-refractivity contribution is 5.97. The summed E-state index contributed by atoms with van der Waals surface area (Å²) in [4.78, 5) is 32.5. The SMILES string of the molecule is CN1C(=O)c2cccnc2OC2CN(C(=O)c3ccccc3F)CC21. The van der Waals surface area contributed by atoms with Crippen LogP contribution in [0.4, 0.5) is 4.39 Å². The largest absolute Gasteiger partial charge is 0.470 e. The molecule has 1 saturated heterocycles. The number of likely N-dealkylation sites (tertiary alicyclic amines) is 1. The van der Waals surface area contributed by atoms with Gasteiger partial charge in [-0.15, -0.1) is 0 Å². The van der Waals surface area contributed by atoms with Gasteiger partial charge in [0.15, 0.2) is 0 Å². The van der Waals surface area contributed by atoms with Crippen LogP contribution < -0.4 is 4.74 Å². The first-order valence-electron chi connectivity index (χ1n) is 7.99. The van der Waals surface area contributed by atoms with E-state index in [0.29, 0.717) is 5.56 Å². The lowest BCUT2D eigenvalue weighted by Gasteiger charge is -2.24. The first-order chi connectivity index (χ1) is 12.1. The molecule has 0 N–H and O–H groups in total. The number of likely N-dealkylation sites (N-methyl/N-ethyl adjacent to an activating group) is 1. The van der Waals surface area contributed by atoms with Gasteiger partial charge in [-0.05, 0) is 24.3 Å². The maximum atomic E-state index is 13.9. The highest BCUT2D eigenvalue weighted by atomic mass is 19.1. The molecule has 0 radical (unpaired) electrons. The van der Waals surface area contributed by atoms with E-state index in [0.717, 1.165) is 0 Å². The number of halogens is 1. The number of benzene rings is 1. The summed E-state index contributed by atoms with van der Waals surface area (Å²) in [7, 11) is 1.68. The van der Waals surface area contributed by atoms with Gasteiger partial charge in [0.05, 0.1) is 18.2 Å². The Kier molecular flexibility index (Phi) is 3.63. The molecule has 0 saturated carbocycles. The quantitative estimate of drug-likeness (QED) is 0.790. The van der Waals surface area contributed by atoms with Crippen molar-refractivity contribution in [2.45, 2.75) is 12.1 Å². The number of hydrogen-bond donors (Lipinski definition) is 0. The molecule has 0 aliphatic carbocycles. The van der Waals surface area contributed by atoms with E-state index in [1.165, 1.54) is 23.1 Å². The van der Waals surface area contributed by atoms with E-state index in [2.05, 4.69) is 4.98 Å². The van der Waals surface area contributed by atoms with Crippen molar-refractivity contribution in [2.24, 2.45) is 0 Å². The molecule has 1 fully saturated rings. The molecular weight excluding hydrogens is 325 g/mol. The summed E-state index contributed by atoms with van der Waals surface area (Å²) >= 11 is 0. The number of fused-ring (bicyclic) bond motifs is 2. The molecule has 3 heterocycles. The van der Waals surface area contributed by atoms with Crippen LogP contribution in [0.2, 0.25) is 0 Å². The van der Waals surface area contributed by atoms with Gasteiger partial charge in [-0.25, -0.2) is 9.37 Å². The number of rotatable bonds is 1. The molecule has 128 valence electrons. The normalized spacial score (nSPS) is 22.1. The van der Waals surface area contributed by atoms with Gasteiger partial charge in [0.25, 0.3) is 11.8 Å². The standard InChI is InChI=1S/C18H16FN3O3/c1-21-14-9-22(18(24)11-5-2-3-7-13(11)19)10-15(14)25-16-12(17(21)23)6-4-8-20-16/h2-8,14-15H,9-10H2,1H3. The first-order valence-corrected chi connectivity index (χ1v) is 7.99. The van der Waals surface area contributed by atoms with Gasteiger partial charge in [-0.2, -0.15) is 0 Å². The second kappa shape index (κ2) is 5.84. The molecule has 1 aromatic heterocycles. The second-order valence-corrected chi connectivity index (χ2v) is 6.19. The minimum atomic E-state index is -0.558. The van der Waals surface area contributed by atoms with Crippen LogP contribution in [0.5, 0.6) is 5.88 Å². The molecule has 2 aliphatic rings. The van der Waals surface area contributed by atoms with E-state index in [9.17, 15) is 14.0 Å². The Morgan fingerprint density at radius 2 is 2.04 bits per heavy atom. The molecule has 1 aromatic carbocycles. The van der Waals surface area contributed by atoms with Crippen LogP contribution in [0.15, 0.2) is 42.6 Å². The Morgan fingerprint density at radius 3 is 2.84 bits per heavy atom. The maximum Gasteiger partial charge on any atom is 0.259 e. The van der Waals surface area contributed by atoms with Crippen molar-refractivity contribution in [3.8, 4) is 5.88 Å². The Morgan fingerprint density at radius 1 is 1.24 bits per heavy atom. The second-order valence-electron chi connectivity index (χ2n) is 6.19. The molecule has 2 atom stereocenters. The monoisotopic (exact) mass is 341 g/mol. The summed E-state index contributed by atoms with van der Waals surface area (Å²) in [5.74, 6) is -0.892. The van der Waals surface area contributed by atoms with Crippen molar-refractivity contribution in [3.63, 3.8) is 0 Å². The smallest absolute Gasteiger partial charge is 0.259 e.